The fourth-order valence-electron chi connectivity index (χ4n) is 3.32. The van der Waals surface area contributed by atoms with Crippen molar-refractivity contribution in [1.82, 2.24) is 10.2 Å². The number of benzene rings is 2. The van der Waals surface area contributed by atoms with Crippen LogP contribution < -0.4 is 5.32 Å². The minimum Gasteiger partial charge on any atom is -0.354 e. The summed E-state index contributed by atoms with van der Waals surface area (Å²) in [4.78, 5) is 27.7. The second-order valence-corrected chi connectivity index (χ2v) is 8.69. The third kappa shape index (κ3) is 7.52. The van der Waals surface area contributed by atoms with Crippen LogP contribution in [0.2, 0.25) is 0 Å². The van der Waals surface area contributed by atoms with Gasteiger partial charge in [0.25, 0.3) is 0 Å². The zero-order valence-electron chi connectivity index (χ0n) is 18.6. The molecule has 0 heterocycles. The SMILES string of the molecule is CCCNC(=O)C(CC)N(Cc1cccc(C)c1)C(=O)CSCc1ccc(C)cc1. The van der Waals surface area contributed by atoms with Gasteiger partial charge in [-0.1, -0.05) is 73.5 Å². The standard InChI is InChI=1S/C25H34N2O2S/c1-5-14-26-25(29)23(6-2)27(16-22-9-7-8-20(4)15-22)24(28)18-30-17-21-12-10-19(3)11-13-21/h7-13,15,23H,5-6,14,16-18H2,1-4H3,(H,26,29). The smallest absolute Gasteiger partial charge is 0.242 e. The maximum absolute atomic E-state index is 13.2. The lowest BCUT2D eigenvalue weighted by Crippen LogP contribution is -2.49. The summed E-state index contributed by atoms with van der Waals surface area (Å²) in [5.41, 5.74) is 4.63. The van der Waals surface area contributed by atoms with Crippen molar-refractivity contribution in [3.05, 3.63) is 70.8 Å². The first kappa shape index (κ1) is 24.0. The van der Waals surface area contributed by atoms with Crippen molar-refractivity contribution in [2.24, 2.45) is 0 Å². The van der Waals surface area contributed by atoms with Gasteiger partial charge in [0.1, 0.15) is 6.04 Å². The van der Waals surface area contributed by atoms with Crippen molar-refractivity contribution < 1.29 is 9.59 Å². The minimum absolute atomic E-state index is 0.00659. The van der Waals surface area contributed by atoms with Gasteiger partial charge in [-0.3, -0.25) is 9.59 Å². The molecule has 0 spiro atoms. The van der Waals surface area contributed by atoms with Gasteiger partial charge in [-0.15, -0.1) is 11.8 Å². The molecule has 0 aromatic heterocycles. The second kappa shape index (κ2) is 12.4. The topological polar surface area (TPSA) is 49.4 Å². The number of carbonyl (C=O) groups excluding carboxylic acids is 2. The Labute approximate surface area is 185 Å². The van der Waals surface area contributed by atoms with Crippen LogP contribution in [0.4, 0.5) is 0 Å². The van der Waals surface area contributed by atoms with Gasteiger partial charge in [0, 0.05) is 18.8 Å². The Morgan fingerprint density at radius 1 is 1.00 bits per heavy atom. The first-order chi connectivity index (χ1) is 14.4. The number of hydrogen-bond acceptors (Lipinski definition) is 3. The van der Waals surface area contributed by atoms with E-state index in [1.807, 2.05) is 39.0 Å². The summed E-state index contributed by atoms with van der Waals surface area (Å²) >= 11 is 1.60. The molecule has 0 bridgehead atoms. The van der Waals surface area contributed by atoms with Crippen molar-refractivity contribution in [1.29, 1.82) is 0 Å². The van der Waals surface area contributed by atoms with Crippen LogP contribution in [-0.4, -0.2) is 35.1 Å². The fraction of sp³-hybridized carbons (Fsp3) is 0.440. The molecule has 2 rings (SSSR count). The summed E-state index contributed by atoms with van der Waals surface area (Å²) in [6.07, 6.45) is 1.47. The lowest BCUT2D eigenvalue weighted by Gasteiger charge is -2.30. The Bertz CT molecular complexity index is 820. The van der Waals surface area contributed by atoms with Gasteiger partial charge < -0.3 is 10.2 Å². The predicted octanol–water partition coefficient (Wildman–Crippen LogP) is 4.87. The highest BCUT2D eigenvalue weighted by atomic mass is 32.2. The molecule has 162 valence electrons. The maximum atomic E-state index is 13.2. The van der Waals surface area contributed by atoms with Gasteiger partial charge >= 0.3 is 0 Å². The average Bonchev–Trinajstić information content (AvgIpc) is 2.73. The highest BCUT2D eigenvalue weighted by Gasteiger charge is 2.28. The largest absolute Gasteiger partial charge is 0.354 e. The van der Waals surface area contributed by atoms with E-state index < -0.39 is 6.04 Å². The quantitative estimate of drug-likeness (QED) is 0.558. The molecule has 0 saturated heterocycles. The van der Waals surface area contributed by atoms with Crippen LogP contribution in [0.25, 0.3) is 0 Å². The first-order valence-electron chi connectivity index (χ1n) is 10.7. The predicted molar refractivity (Wildman–Crippen MR) is 126 cm³/mol. The van der Waals surface area contributed by atoms with Crippen molar-refractivity contribution in [2.45, 2.75) is 58.9 Å². The van der Waals surface area contributed by atoms with Crippen molar-refractivity contribution >= 4 is 23.6 Å². The average molecular weight is 427 g/mol. The molecule has 1 N–H and O–H groups in total. The van der Waals surface area contributed by atoms with E-state index in [9.17, 15) is 9.59 Å². The number of nitrogens with zero attached hydrogens (tertiary/aromatic N) is 1. The van der Waals surface area contributed by atoms with Gasteiger partial charge in [-0.05, 0) is 37.8 Å². The van der Waals surface area contributed by atoms with Crippen LogP contribution in [-0.2, 0) is 21.9 Å². The summed E-state index contributed by atoms with van der Waals surface area (Å²) < 4.78 is 0. The lowest BCUT2D eigenvalue weighted by atomic mass is 10.1. The monoisotopic (exact) mass is 426 g/mol. The van der Waals surface area contributed by atoms with Crippen LogP contribution in [0.1, 0.15) is 48.9 Å². The number of amides is 2. The third-order valence-corrected chi connectivity index (χ3v) is 5.97. The number of rotatable bonds is 11. The third-order valence-electron chi connectivity index (χ3n) is 4.99. The zero-order valence-corrected chi connectivity index (χ0v) is 19.4. The summed E-state index contributed by atoms with van der Waals surface area (Å²) in [5.74, 6) is 1.08. The summed E-state index contributed by atoms with van der Waals surface area (Å²) in [6.45, 7) is 9.18. The molecule has 0 aliphatic carbocycles. The Kier molecular flexibility index (Phi) is 9.95. The molecule has 30 heavy (non-hydrogen) atoms. The van der Waals surface area contributed by atoms with E-state index in [0.29, 0.717) is 25.3 Å². The number of nitrogens with one attached hydrogen (secondary N) is 1. The van der Waals surface area contributed by atoms with E-state index in [1.165, 1.54) is 11.1 Å². The van der Waals surface area contributed by atoms with Crippen LogP contribution in [0.5, 0.6) is 0 Å². The highest BCUT2D eigenvalue weighted by molar-refractivity contribution is 7.99. The molecule has 0 fully saturated rings. The van der Waals surface area contributed by atoms with Crippen molar-refractivity contribution in [3.8, 4) is 0 Å². The fourth-order valence-corrected chi connectivity index (χ4v) is 4.19. The molecule has 4 nitrogen and oxygen atoms in total. The van der Waals surface area contributed by atoms with E-state index >= 15 is 0 Å². The molecule has 5 heteroatoms. The maximum Gasteiger partial charge on any atom is 0.242 e. The summed E-state index contributed by atoms with van der Waals surface area (Å²) in [7, 11) is 0. The molecular weight excluding hydrogens is 392 g/mol. The second-order valence-electron chi connectivity index (χ2n) is 7.70. The molecule has 1 atom stereocenters. The van der Waals surface area contributed by atoms with Gasteiger partial charge in [0.2, 0.25) is 11.8 Å². The van der Waals surface area contributed by atoms with Crippen molar-refractivity contribution in [3.63, 3.8) is 0 Å². The summed E-state index contributed by atoms with van der Waals surface area (Å²) in [6, 6.07) is 16.1. The molecule has 0 radical (unpaired) electrons. The van der Waals surface area contributed by atoms with Gasteiger partial charge in [-0.25, -0.2) is 0 Å². The Hall–Kier alpha value is -2.27. The lowest BCUT2D eigenvalue weighted by molar-refractivity contribution is -0.139. The van der Waals surface area contributed by atoms with Gasteiger partial charge in [0.15, 0.2) is 0 Å². The number of thioether (sulfide) groups is 1. The van der Waals surface area contributed by atoms with E-state index in [0.717, 1.165) is 23.3 Å². The molecule has 0 saturated carbocycles. The van der Waals surface area contributed by atoms with Gasteiger partial charge in [0.05, 0.1) is 5.75 Å². The zero-order chi connectivity index (χ0) is 21.9. The number of carbonyl (C=O) groups is 2. The minimum atomic E-state index is -0.454. The van der Waals surface area contributed by atoms with E-state index in [4.69, 9.17) is 0 Å². The molecule has 1 unspecified atom stereocenters. The van der Waals surface area contributed by atoms with Gasteiger partial charge in [-0.2, -0.15) is 0 Å². The summed E-state index contributed by atoms with van der Waals surface area (Å²) in [5, 5.41) is 2.96. The van der Waals surface area contributed by atoms with E-state index in [-0.39, 0.29) is 11.8 Å². The highest BCUT2D eigenvalue weighted by Crippen LogP contribution is 2.18. The van der Waals surface area contributed by atoms with Crippen LogP contribution in [0.15, 0.2) is 48.5 Å². The van der Waals surface area contributed by atoms with Crippen molar-refractivity contribution in [2.75, 3.05) is 12.3 Å². The van der Waals surface area contributed by atoms with Crippen LogP contribution in [0.3, 0.4) is 0 Å². The normalized spacial score (nSPS) is 11.7. The van der Waals surface area contributed by atoms with E-state index in [1.54, 1.807) is 16.7 Å². The van der Waals surface area contributed by atoms with E-state index in [2.05, 4.69) is 42.6 Å². The number of aryl methyl sites for hydroxylation is 2. The number of hydrogen-bond donors (Lipinski definition) is 1. The molecule has 0 aliphatic heterocycles. The molecular formula is C25H34N2O2S. The van der Waals surface area contributed by atoms with Crippen LogP contribution >= 0.6 is 11.8 Å². The molecule has 2 aromatic carbocycles. The Morgan fingerprint density at radius 3 is 2.37 bits per heavy atom. The molecule has 2 amide bonds. The molecule has 2 aromatic rings. The van der Waals surface area contributed by atoms with Crippen LogP contribution in [0, 0.1) is 13.8 Å². The Balaban J connectivity index is 2.10. The Morgan fingerprint density at radius 2 is 1.73 bits per heavy atom. The first-order valence-corrected chi connectivity index (χ1v) is 11.9. The molecule has 0 aliphatic rings.